The van der Waals surface area contributed by atoms with Gasteiger partial charge in [0.05, 0.1) is 13.2 Å². The second kappa shape index (κ2) is 7.70. The Kier molecular flexibility index (Phi) is 6.59. The Hall–Kier alpha value is -0.660. The number of nitrogens with zero attached hydrogens (tertiary/aromatic N) is 1. The molecule has 1 aromatic rings. The molecule has 18 heavy (non-hydrogen) atoms. The van der Waals surface area contributed by atoms with Gasteiger partial charge in [0.25, 0.3) is 0 Å². The molecule has 0 bridgehead atoms. The lowest BCUT2D eigenvalue weighted by atomic mass is 10.1. The molecule has 4 nitrogen and oxygen atoms in total. The number of aliphatic carboxylic acids is 1. The van der Waals surface area contributed by atoms with E-state index in [1.165, 1.54) is 3.57 Å². The van der Waals surface area contributed by atoms with Crippen molar-refractivity contribution in [1.29, 1.82) is 0 Å². The van der Waals surface area contributed by atoms with Gasteiger partial charge >= 0.3 is 5.97 Å². The summed E-state index contributed by atoms with van der Waals surface area (Å²) in [5.41, 5.74) is 1.12. The van der Waals surface area contributed by atoms with E-state index in [0.29, 0.717) is 13.2 Å². The zero-order valence-corrected chi connectivity index (χ0v) is 12.8. The average Bonchev–Trinajstić information content (AvgIpc) is 2.34. The molecule has 0 heterocycles. The molecule has 1 unspecified atom stereocenters. The molecule has 1 N–H and O–H groups in total. The number of methoxy groups -OCH3 is 1. The molecule has 1 rings (SSSR count). The van der Waals surface area contributed by atoms with Gasteiger partial charge in [-0.25, -0.2) is 0 Å². The zero-order chi connectivity index (χ0) is 13.5. The van der Waals surface area contributed by atoms with Crippen molar-refractivity contribution >= 4 is 28.6 Å². The first-order chi connectivity index (χ1) is 8.54. The highest BCUT2D eigenvalue weighted by Gasteiger charge is 2.18. The number of benzene rings is 1. The van der Waals surface area contributed by atoms with E-state index in [1.54, 1.807) is 7.11 Å². The van der Waals surface area contributed by atoms with Crippen molar-refractivity contribution in [2.24, 2.45) is 0 Å². The molecule has 0 saturated carbocycles. The maximum atomic E-state index is 10.9. The van der Waals surface area contributed by atoms with E-state index >= 15 is 0 Å². The van der Waals surface area contributed by atoms with Crippen molar-refractivity contribution in [3.05, 3.63) is 33.4 Å². The third-order valence-electron chi connectivity index (χ3n) is 2.82. The lowest BCUT2D eigenvalue weighted by molar-refractivity contribution is -0.139. The number of rotatable bonds is 7. The van der Waals surface area contributed by atoms with Crippen LogP contribution in [0.25, 0.3) is 0 Å². The Bertz CT molecular complexity index is 380. The molecule has 1 aromatic carbocycles. The van der Waals surface area contributed by atoms with Crippen molar-refractivity contribution in [3.8, 4) is 0 Å². The van der Waals surface area contributed by atoms with Crippen LogP contribution < -0.4 is 0 Å². The molecule has 0 aromatic heterocycles. The van der Waals surface area contributed by atoms with Gasteiger partial charge in [-0.05, 0) is 47.2 Å². The second-order valence-electron chi connectivity index (χ2n) is 4.08. The molecule has 0 aliphatic rings. The molecule has 5 heteroatoms. The minimum absolute atomic E-state index is 0.0243. The number of carbonyl (C=O) groups is 1. The van der Waals surface area contributed by atoms with Crippen molar-refractivity contribution in [2.45, 2.75) is 13.0 Å². The maximum absolute atomic E-state index is 10.9. The molecule has 0 amide bonds. The summed E-state index contributed by atoms with van der Waals surface area (Å²) in [6, 6.07) is 8.19. The summed E-state index contributed by atoms with van der Waals surface area (Å²) in [5, 5.41) is 8.94. The molecular weight excluding hydrogens is 345 g/mol. The van der Waals surface area contributed by atoms with Gasteiger partial charge in [-0.15, -0.1) is 0 Å². The van der Waals surface area contributed by atoms with E-state index in [0.717, 1.165) is 5.56 Å². The number of halogens is 1. The van der Waals surface area contributed by atoms with Gasteiger partial charge in [0.1, 0.15) is 0 Å². The van der Waals surface area contributed by atoms with Crippen LogP contribution in [0.2, 0.25) is 0 Å². The van der Waals surface area contributed by atoms with Crippen LogP contribution in [-0.4, -0.2) is 42.8 Å². The highest BCUT2D eigenvalue weighted by Crippen LogP contribution is 2.20. The van der Waals surface area contributed by atoms with Crippen LogP contribution in [0.15, 0.2) is 24.3 Å². The summed E-state index contributed by atoms with van der Waals surface area (Å²) in [6.07, 6.45) is 0. The Morgan fingerprint density at radius 3 is 2.56 bits per heavy atom. The number of ether oxygens (including phenoxy) is 1. The minimum atomic E-state index is -0.816. The first-order valence-corrected chi connectivity index (χ1v) is 6.82. The Morgan fingerprint density at radius 1 is 1.44 bits per heavy atom. The van der Waals surface area contributed by atoms with Crippen molar-refractivity contribution in [2.75, 3.05) is 26.8 Å². The van der Waals surface area contributed by atoms with Crippen molar-refractivity contribution in [3.63, 3.8) is 0 Å². The fourth-order valence-electron chi connectivity index (χ4n) is 1.74. The predicted molar refractivity (Wildman–Crippen MR) is 78.7 cm³/mol. The molecule has 0 saturated heterocycles. The number of hydrogen-bond donors (Lipinski definition) is 1. The number of hydrogen-bond acceptors (Lipinski definition) is 3. The zero-order valence-electron chi connectivity index (χ0n) is 10.6. The maximum Gasteiger partial charge on any atom is 0.317 e. The summed E-state index contributed by atoms with van der Waals surface area (Å²) < 4.78 is 6.19. The molecule has 0 spiro atoms. The SMILES string of the molecule is COCCN(CC(=O)O)C(C)c1ccc(I)cc1. The fourth-order valence-corrected chi connectivity index (χ4v) is 2.10. The highest BCUT2D eigenvalue weighted by molar-refractivity contribution is 14.1. The van der Waals surface area contributed by atoms with Crippen LogP contribution >= 0.6 is 22.6 Å². The third kappa shape index (κ3) is 4.91. The fraction of sp³-hybridized carbons (Fsp3) is 0.462. The molecule has 0 fully saturated rings. The average molecular weight is 363 g/mol. The molecular formula is C13H18INO3. The quantitative estimate of drug-likeness (QED) is 0.756. The van der Waals surface area contributed by atoms with Gasteiger partial charge in [-0.2, -0.15) is 0 Å². The van der Waals surface area contributed by atoms with Crippen LogP contribution in [0.4, 0.5) is 0 Å². The van der Waals surface area contributed by atoms with Crippen molar-refractivity contribution in [1.82, 2.24) is 4.90 Å². The largest absolute Gasteiger partial charge is 0.480 e. The summed E-state index contributed by atoms with van der Waals surface area (Å²) in [4.78, 5) is 12.8. The molecule has 1 atom stereocenters. The van der Waals surface area contributed by atoms with Crippen molar-refractivity contribution < 1.29 is 14.6 Å². The number of carboxylic acid groups (broad SMARTS) is 1. The Labute approximate surface area is 121 Å². The summed E-state index contributed by atoms with van der Waals surface area (Å²) in [6.45, 7) is 3.18. The van der Waals surface area contributed by atoms with Crippen LogP contribution in [0.1, 0.15) is 18.5 Å². The standard InChI is InChI=1S/C13H18INO3/c1-10(11-3-5-12(14)6-4-11)15(7-8-18-2)9-13(16)17/h3-6,10H,7-9H2,1-2H3,(H,16,17). The van der Waals surface area contributed by atoms with Crippen LogP contribution in [0, 0.1) is 3.57 Å². The monoisotopic (exact) mass is 363 g/mol. The lowest BCUT2D eigenvalue weighted by Gasteiger charge is -2.27. The summed E-state index contributed by atoms with van der Waals surface area (Å²) in [7, 11) is 1.62. The highest BCUT2D eigenvalue weighted by atomic mass is 127. The normalized spacial score (nSPS) is 12.7. The molecule has 0 aliphatic heterocycles. The lowest BCUT2D eigenvalue weighted by Crippen LogP contribution is -2.35. The summed E-state index contributed by atoms with van der Waals surface area (Å²) in [5.74, 6) is -0.816. The van der Waals surface area contributed by atoms with Gasteiger partial charge < -0.3 is 9.84 Å². The van der Waals surface area contributed by atoms with Gasteiger partial charge in [-0.3, -0.25) is 9.69 Å². The van der Waals surface area contributed by atoms with E-state index in [-0.39, 0.29) is 12.6 Å². The van der Waals surface area contributed by atoms with Crippen LogP contribution in [0.3, 0.4) is 0 Å². The molecule has 100 valence electrons. The van der Waals surface area contributed by atoms with Gasteiger partial charge in [0, 0.05) is 23.3 Å². The second-order valence-corrected chi connectivity index (χ2v) is 5.33. The van der Waals surface area contributed by atoms with E-state index in [2.05, 4.69) is 22.6 Å². The topological polar surface area (TPSA) is 49.8 Å². The van der Waals surface area contributed by atoms with E-state index in [4.69, 9.17) is 9.84 Å². The molecule has 0 aliphatic carbocycles. The minimum Gasteiger partial charge on any atom is -0.480 e. The first kappa shape index (κ1) is 15.4. The summed E-state index contributed by atoms with van der Waals surface area (Å²) >= 11 is 2.25. The van der Waals surface area contributed by atoms with Gasteiger partial charge in [0.2, 0.25) is 0 Å². The van der Waals surface area contributed by atoms with E-state index in [9.17, 15) is 4.79 Å². The van der Waals surface area contributed by atoms with Crippen LogP contribution in [-0.2, 0) is 9.53 Å². The van der Waals surface area contributed by atoms with Crippen LogP contribution in [0.5, 0.6) is 0 Å². The van der Waals surface area contributed by atoms with E-state index in [1.807, 2.05) is 36.1 Å². The number of carboxylic acids is 1. The van der Waals surface area contributed by atoms with E-state index < -0.39 is 5.97 Å². The van der Waals surface area contributed by atoms with Gasteiger partial charge in [-0.1, -0.05) is 12.1 Å². The Balaban J connectivity index is 2.76. The predicted octanol–water partition coefficient (Wildman–Crippen LogP) is 2.39. The first-order valence-electron chi connectivity index (χ1n) is 5.75. The Morgan fingerprint density at radius 2 is 2.06 bits per heavy atom. The smallest absolute Gasteiger partial charge is 0.317 e. The van der Waals surface area contributed by atoms with Gasteiger partial charge in [0.15, 0.2) is 0 Å². The molecule has 0 radical (unpaired) electrons. The third-order valence-corrected chi connectivity index (χ3v) is 3.54.